The van der Waals surface area contributed by atoms with Crippen molar-refractivity contribution in [2.45, 2.75) is 13.0 Å². The minimum atomic E-state index is -0.706. The van der Waals surface area contributed by atoms with E-state index >= 15 is 0 Å². The van der Waals surface area contributed by atoms with Crippen molar-refractivity contribution in [2.24, 2.45) is 0 Å². The third kappa shape index (κ3) is 3.10. The van der Waals surface area contributed by atoms with E-state index < -0.39 is 22.5 Å². The van der Waals surface area contributed by atoms with Gasteiger partial charge < -0.3 is 9.84 Å². The molecule has 0 heterocycles. The first-order valence-electron chi connectivity index (χ1n) is 5.87. The third-order valence-corrected chi connectivity index (χ3v) is 2.71. The zero-order valence-electron chi connectivity index (χ0n) is 10.6. The van der Waals surface area contributed by atoms with Gasteiger partial charge in [0.2, 0.25) is 5.75 Å². The quantitative estimate of drug-likeness (QED) is 0.684. The fourth-order valence-electron chi connectivity index (χ4n) is 1.66. The monoisotopic (exact) mass is 277 g/mol. The molecule has 0 radical (unpaired) electrons. The first-order chi connectivity index (χ1) is 9.47. The van der Waals surface area contributed by atoms with Crippen LogP contribution in [0.2, 0.25) is 0 Å². The number of rotatable bonds is 4. The Kier molecular flexibility index (Phi) is 3.95. The van der Waals surface area contributed by atoms with Gasteiger partial charge in [-0.3, -0.25) is 10.1 Å². The number of nitrogens with zero attached hydrogens (tertiary/aromatic N) is 1. The highest BCUT2D eigenvalue weighted by Crippen LogP contribution is 2.32. The van der Waals surface area contributed by atoms with Crippen molar-refractivity contribution in [3.8, 4) is 11.5 Å². The lowest BCUT2D eigenvalue weighted by Crippen LogP contribution is -1.95. The molecule has 0 aliphatic heterocycles. The van der Waals surface area contributed by atoms with Crippen LogP contribution in [-0.2, 0) is 0 Å². The molecule has 0 aromatic heterocycles. The van der Waals surface area contributed by atoms with E-state index in [1.807, 2.05) is 0 Å². The van der Waals surface area contributed by atoms with E-state index in [0.29, 0.717) is 11.3 Å². The van der Waals surface area contributed by atoms with Crippen LogP contribution in [0.25, 0.3) is 0 Å². The van der Waals surface area contributed by atoms with Gasteiger partial charge in [0, 0.05) is 0 Å². The number of aliphatic hydroxyl groups excluding tert-OH is 1. The summed E-state index contributed by atoms with van der Waals surface area (Å²) in [6, 6.07) is 9.55. The molecule has 0 aliphatic carbocycles. The number of nitro benzene ring substituents is 1. The van der Waals surface area contributed by atoms with Crippen LogP contribution in [0.15, 0.2) is 42.5 Å². The van der Waals surface area contributed by atoms with Crippen molar-refractivity contribution in [1.82, 2.24) is 0 Å². The first kappa shape index (κ1) is 14.0. The van der Waals surface area contributed by atoms with Crippen molar-refractivity contribution in [3.05, 3.63) is 64.0 Å². The summed E-state index contributed by atoms with van der Waals surface area (Å²) in [6.07, 6.45) is -0.607. The largest absolute Gasteiger partial charge is 0.450 e. The molecule has 0 unspecified atom stereocenters. The molecule has 1 N–H and O–H groups in total. The van der Waals surface area contributed by atoms with E-state index in [9.17, 15) is 19.6 Å². The summed E-state index contributed by atoms with van der Waals surface area (Å²) in [5.41, 5.74) is 0.260. The molecule has 0 bridgehead atoms. The highest BCUT2D eigenvalue weighted by molar-refractivity contribution is 5.48. The van der Waals surface area contributed by atoms with Gasteiger partial charge in [0.25, 0.3) is 0 Å². The van der Waals surface area contributed by atoms with Crippen LogP contribution in [0.4, 0.5) is 10.1 Å². The third-order valence-electron chi connectivity index (χ3n) is 2.71. The summed E-state index contributed by atoms with van der Waals surface area (Å²) < 4.78 is 18.4. The minimum absolute atomic E-state index is 0.0406. The van der Waals surface area contributed by atoms with Gasteiger partial charge in [-0.05, 0) is 36.8 Å². The molecule has 0 saturated carbocycles. The lowest BCUT2D eigenvalue weighted by Gasteiger charge is -2.08. The number of benzene rings is 2. The highest BCUT2D eigenvalue weighted by atomic mass is 19.1. The lowest BCUT2D eigenvalue weighted by atomic mass is 10.1. The number of ether oxygens (including phenoxy) is 1. The average Bonchev–Trinajstić information content (AvgIpc) is 2.41. The first-order valence-corrected chi connectivity index (χ1v) is 5.87. The molecule has 20 heavy (non-hydrogen) atoms. The van der Waals surface area contributed by atoms with Gasteiger partial charge in [-0.25, -0.2) is 4.39 Å². The SMILES string of the molecule is C[C@@H](O)c1ccc(Oc2ccc(F)cc2[N+](=O)[O-])cc1. The maximum Gasteiger partial charge on any atom is 0.314 e. The Bertz CT molecular complexity index is 626. The molecule has 6 heteroatoms. The van der Waals surface area contributed by atoms with Crippen LogP contribution < -0.4 is 4.74 Å². The van der Waals surface area contributed by atoms with Crippen molar-refractivity contribution < 1.29 is 19.2 Å². The number of nitro groups is 1. The van der Waals surface area contributed by atoms with E-state index in [0.717, 1.165) is 12.1 Å². The molecule has 2 rings (SSSR count). The zero-order valence-corrected chi connectivity index (χ0v) is 10.6. The fourth-order valence-corrected chi connectivity index (χ4v) is 1.66. The topological polar surface area (TPSA) is 72.6 Å². The van der Waals surface area contributed by atoms with Gasteiger partial charge in [0.05, 0.1) is 17.1 Å². The molecule has 2 aromatic carbocycles. The number of hydrogen-bond donors (Lipinski definition) is 1. The summed E-state index contributed by atoms with van der Waals surface area (Å²) in [6.45, 7) is 1.63. The highest BCUT2D eigenvalue weighted by Gasteiger charge is 2.17. The summed E-state index contributed by atoms with van der Waals surface area (Å²) in [7, 11) is 0. The molecule has 1 atom stereocenters. The lowest BCUT2D eigenvalue weighted by molar-refractivity contribution is -0.385. The fraction of sp³-hybridized carbons (Fsp3) is 0.143. The van der Waals surface area contributed by atoms with Crippen molar-refractivity contribution in [3.63, 3.8) is 0 Å². The van der Waals surface area contributed by atoms with Gasteiger partial charge in [-0.1, -0.05) is 12.1 Å². The molecule has 0 spiro atoms. The molecule has 5 nitrogen and oxygen atoms in total. The number of hydrogen-bond acceptors (Lipinski definition) is 4. The molecule has 2 aromatic rings. The molecule has 104 valence electrons. The van der Waals surface area contributed by atoms with Gasteiger partial charge in [0.1, 0.15) is 11.6 Å². The van der Waals surface area contributed by atoms with E-state index in [1.54, 1.807) is 31.2 Å². The number of halogens is 1. The summed E-state index contributed by atoms with van der Waals surface area (Å²) in [5, 5.41) is 20.2. The minimum Gasteiger partial charge on any atom is -0.450 e. The van der Waals surface area contributed by atoms with Crippen molar-refractivity contribution in [2.75, 3.05) is 0 Å². The Morgan fingerprint density at radius 2 is 1.90 bits per heavy atom. The Morgan fingerprint density at radius 1 is 1.25 bits per heavy atom. The van der Waals surface area contributed by atoms with Crippen molar-refractivity contribution in [1.29, 1.82) is 0 Å². The summed E-state index contributed by atoms with van der Waals surface area (Å²) in [5.74, 6) is -0.376. The molecule has 0 aliphatic rings. The average molecular weight is 277 g/mol. The Labute approximate surface area is 114 Å². The molecule has 0 saturated heterocycles. The maximum absolute atomic E-state index is 13.0. The van der Waals surface area contributed by atoms with E-state index in [1.165, 1.54) is 6.07 Å². The van der Waals surface area contributed by atoms with Crippen LogP contribution >= 0.6 is 0 Å². The van der Waals surface area contributed by atoms with Crippen LogP contribution in [0, 0.1) is 15.9 Å². The van der Waals surface area contributed by atoms with Crippen LogP contribution in [-0.4, -0.2) is 10.0 Å². The Hall–Kier alpha value is -2.47. The van der Waals surface area contributed by atoms with Gasteiger partial charge in [0.15, 0.2) is 0 Å². The summed E-state index contributed by atoms with van der Waals surface area (Å²) >= 11 is 0. The molecular formula is C14H12FNO4. The number of aliphatic hydroxyl groups is 1. The second-order valence-corrected chi connectivity index (χ2v) is 4.22. The van der Waals surface area contributed by atoms with Crippen LogP contribution in [0.5, 0.6) is 11.5 Å². The molecule has 0 fully saturated rings. The zero-order chi connectivity index (χ0) is 14.7. The van der Waals surface area contributed by atoms with Crippen LogP contribution in [0.1, 0.15) is 18.6 Å². The van der Waals surface area contributed by atoms with Gasteiger partial charge >= 0.3 is 5.69 Å². The Morgan fingerprint density at radius 3 is 2.45 bits per heavy atom. The predicted molar refractivity (Wildman–Crippen MR) is 70.2 cm³/mol. The Balaban J connectivity index is 2.28. The normalized spacial score (nSPS) is 11.9. The summed E-state index contributed by atoms with van der Waals surface area (Å²) in [4.78, 5) is 10.1. The maximum atomic E-state index is 13.0. The van der Waals surface area contributed by atoms with Gasteiger partial charge in [-0.2, -0.15) is 0 Å². The predicted octanol–water partition coefficient (Wildman–Crippen LogP) is 3.58. The van der Waals surface area contributed by atoms with Crippen molar-refractivity contribution >= 4 is 5.69 Å². The van der Waals surface area contributed by atoms with Crippen LogP contribution in [0.3, 0.4) is 0 Å². The standard InChI is InChI=1S/C14H12FNO4/c1-9(17)10-2-5-12(6-3-10)20-14-7-4-11(15)8-13(14)16(18)19/h2-9,17H,1H3/t9-/m1/s1. The van der Waals surface area contributed by atoms with E-state index in [4.69, 9.17) is 4.74 Å². The van der Waals surface area contributed by atoms with E-state index in [2.05, 4.69) is 0 Å². The smallest absolute Gasteiger partial charge is 0.314 e. The second kappa shape index (κ2) is 5.66. The second-order valence-electron chi connectivity index (χ2n) is 4.22. The molecule has 0 amide bonds. The molecular weight excluding hydrogens is 265 g/mol. The van der Waals surface area contributed by atoms with Gasteiger partial charge in [-0.15, -0.1) is 0 Å². The van der Waals surface area contributed by atoms with E-state index in [-0.39, 0.29) is 5.75 Å².